The average molecular weight is 1010 g/mol. The molecule has 1 fully saturated rings. The lowest BCUT2D eigenvalue weighted by Gasteiger charge is -2.41. The molecule has 1 aliphatic rings. The van der Waals surface area contributed by atoms with Crippen molar-refractivity contribution in [2.24, 2.45) is 0 Å². The van der Waals surface area contributed by atoms with Crippen molar-refractivity contribution in [3.8, 4) is 0 Å². The Morgan fingerprint density at radius 3 is 1.41 bits per heavy atom. The lowest BCUT2D eigenvalue weighted by molar-refractivity contribution is -0.294. The Balaban J connectivity index is 1.71. The fourth-order valence-electron chi connectivity index (χ4n) is 9.59. The van der Waals surface area contributed by atoms with Crippen LogP contribution in [0.15, 0.2) is 30.3 Å². The molecule has 1 heterocycles. The summed E-state index contributed by atoms with van der Waals surface area (Å²) in [5.41, 5.74) is 0.665. The summed E-state index contributed by atoms with van der Waals surface area (Å²) in [7, 11) is 0. The minimum Gasteiger partial charge on any atom is -0.390 e. The van der Waals surface area contributed by atoms with E-state index in [0.717, 1.165) is 44.9 Å². The fourth-order valence-corrected chi connectivity index (χ4v) is 10.5. The summed E-state index contributed by atoms with van der Waals surface area (Å²) in [5.74, 6) is -0.284. The van der Waals surface area contributed by atoms with Crippen LogP contribution >= 0.6 is 11.8 Å². The molecule has 11 nitrogen and oxygen atoms in total. The summed E-state index contributed by atoms with van der Waals surface area (Å²) < 4.78 is 11.9. The van der Waals surface area contributed by atoms with Gasteiger partial charge in [-0.05, 0) is 25.0 Å². The highest BCUT2D eigenvalue weighted by molar-refractivity contribution is 8.00. The standard InChI is InChI=1S/C58H106N2O9S/c1-3-5-7-9-11-13-15-17-18-19-20-21-22-23-24-25-26-27-29-31-33-35-40-44-52(62)60-49(54(64)50(61)43-39-34-32-30-28-16-14-12-10-8-6-4-2)45-68-58-57(67)56(66)55(65)51(69-58)46-70-47-53(63)59-48-41-37-36-38-42-48/h36-38,41-42,49-51,54-58,61,64-67H,3-35,39-40,43-47H2,1-2H3,(H,59,63)(H,60,62)/t49-,50+,51+,54-,55-,56-,57+,58-/m0/s1. The number of thioether (sulfide) groups is 1. The molecule has 8 atom stereocenters. The third-order valence-corrected chi connectivity index (χ3v) is 15.2. The smallest absolute Gasteiger partial charge is 0.234 e. The van der Waals surface area contributed by atoms with Crippen LogP contribution in [0.4, 0.5) is 5.69 Å². The second kappa shape index (κ2) is 44.7. The van der Waals surface area contributed by atoms with Crippen LogP contribution in [0.5, 0.6) is 0 Å². The van der Waals surface area contributed by atoms with E-state index in [1.54, 1.807) is 12.1 Å². The quantitative estimate of drug-likeness (QED) is 0.0311. The third-order valence-electron chi connectivity index (χ3n) is 14.2. The van der Waals surface area contributed by atoms with Gasteiger partial charge in [0, 0.05) is 17.9 Å². The Bertz CT molecular complexity index is 1350. The Morgan fingerprint density at radius 2 is 0.971 bits per heavy atom. The molecule has 0 saturated carbocycles. The zero-order valence-electron chi connectivity index (χ0n) is 44.6. The number of para-hydroxylation sites is 1. The van der Waals surface area contributed by atoms with Crippen molar-refractivity contribution in [3.05, 3.63) is 30.3 Å². The number of hydrogen-bond donors (Lipinski definition) is 7. The maximum absolute atomic E-state index is 13.3. The molecule has 70 heavy (non-hydrogen) atoms. The van der Waals surface area contributed by atoms with Gasteiger partial charge < -0.3 is 45.6 Å². The van der Waals surface area contributed by atoms with Crippen LogP contribution in [0.3, 0.4) is 0 Å². The van der Waals surface area contributed by atoms with E-state index in [0.29, 0.717) is 18.5 Å². The molecule has 0 spiro atoms. The molecule has 1 aromatic carbocycles. The molecule has 0 radical (unpaired) electrons. The lowest BCUT2D eigenvalue weighted by Crippen LogP contribution is -2.60. The number of nitrogens with one attached hydrogen (secondary N) is 2. The number of ether oxygens (including phenoxy) is 2. The minimum atomic E-state index is -1.61. The van der Waals surface area contributed by atoms with Gasteiger partial charge in [-0.15, -0.1) is 11.8 Å². The van der Waals surface area contributed by atoms with Crippen LogP contribution in [0.2, 0.25) is 0 Å². The van der Waals surface area contributed by atoms with Gasteiger partial charge in [-0.1, -0.05) is 250 Å². The van der Waals surface area contributed by atoms with Crippen LogP contribution in [0, 0.1) is 0 Å². The normalized spacial score (nSPS) is 19.5. The van der Waals surface area contributed by atoms with Gasteiger partial charge in [-0.2, -0.15) is 0 Å². The molecule has 1 aromatic rings. The highest BCUT2D eigenvalue weighted by Gasteiger charge is 2.45. The van der Waals surface area contributed by atoms with Crippen molar-refractivity contribution >= 4 is 29.3 Å². The van der Waals surface area contributed by atoms with Crippen molar-refractivity contribution in [2.75, 3.05) is 23.4 Å². The summed E-state index contributed by atoms with van der Waals surface area (Å²) in [5, 5.41) is 60.5. The molecule has 0 unspecified atom stereocenters. The highest BCUT2D eigenvalue weighted by Crippen LogP contribution is 2.26. The number of aliphatic hydroxyl groups excluding tert-OH is 5. The van der Waals surface area contributed by atoms with Gasteiger partial charge in [-0.3, -0.25) is 9.59 Å². The summed E-state index contributed by atoms with van der Waals surface area (Å²) in [6.07, 6.45) is 35.5. The van der Waals surface area contributed by atoms with Crippen LogP contribution in [0.1, 0.15) is 251 Å². The largest absolute Gasteiger partial charge is 0.390 e. The Kier molecular flexibility index (Phi) is 41.1. The number of aliphatic hydroxyl groups is 5. The maximum atomic E-state index is 13.3. The van der Waals surface area contributed by atoms with E-state index in [2.05, 4.69) is 24.5 Å². The van der Waals surface area contributed by atoms with Crippen molar-refractivity contribution < 1.29 is 44.6 Å². The Hall–Kier alpha value is -1.77. The summed E-state index contributed by atoms with van der Waals surface area (Å²) in [4.78, 5) is 25.8. The molecule has 1 saturated heterocycles. The number of carbonyl (C=O) groups is 2. The van der Waals surface area contributed by atoms with E-state index < -0.39 is 49.0 Å². The molecular weight excluding hydrogens is 901 g/mol. The van der Waals surface area contributed by atoms with E-state index in [1.807, 2.05) is 18.2 Å². The van der Waals surface area contributed by atoms with Gasteiger partial charge in [0.15, 0.2) is 6.29 Å². The molecule has 0 aliphatic carbocycles. The van der Waals surface area contributed by atoms with Gasteiger partial charge in [-0.25, -0.2) is 0 Å². The molecule has 0 bridgehead atoms. The molecule has 0 aromatic heterocycles. The third kappa shape index (κ3) is 33.1. The molecule has 7 N–H and O–H groups in total. The maximum Gasteiger partial charge on any atom is 0.234 e. The van der Waals surface area contributed by atoms with Crippen LogP contribution in [-0.2, 0) is 19.1 Å². The zero-order chi connectivity index (χ0) is 50.7. The van der Waals surface area contributed by atoms with Crippen LogP contribution < -0.4 is 10.6 Å². The Morgan fingerprint density at radius 1 is 0.557 bits per heavy atom. The second-order valence-electron chi connectivity index (χ2n) is 20.7. The van der Waals surface area contributed by atoms with Gasteiger partial charge >= 0.3 is 0 Å². The second-order valence-corrected chi connectivity index (χ2v) is 21.7. The summed E-state index contributed by atoms with van der Waals surface area (Å²) in [6.45, 7) is 4.22. The first-order chi connectivity index (χ1) is 34.2. The summed E-state index contributed by atoms with van der Waals surface area (Å²) >= 11 is 1.20. The van der Waals surface area contributed by atoms with E-state index in [9.17, 15) is 35.1 Å². The van der Waals surface area contributed by atoms with E-state index >= 15 is 0 Å². The van der Waals surface area contributed by atoms with Gasteiger partial charge in [0.05, 0.1) is 30.6 Å². The monoisotopic (exact) mass is 1010 g/mol. The number of benzene rings is 1. The van der Waals surface area contributed by atoms with Crippen molar-refractivity contribution in [3.63, 3.8) is 0 Å². The molecule has 1 aliphatic heterocycles. The molecule has 408 valence electrons. The number of anilines is 1. The number of unbranched alkanes of at least 4 members (excludes halogenated alkanes) is 33. The molecule has 2 rings (SSSR count). The van der Waals surface area contributed by atoms with Gasteiger partial charge in [0.25, 0.3) is 0 Å². The SMILES string of the molecule is CCCCCCCCCCCCCCCCCCCCCCCCCC(=O)N[C@@H](CO[C@H]1O[C@H](CSCC(=O)Nc2ccccc2)[C@H](O)[C@H](O)[C@H]1O)[C@H](O)[C@H](O)CCCCCCCCCCCCCC. The molecular formula is C58H106N2O9S. The van der Waals surface area contributed by atoms with Crippen LogP contribution in [-0.4, -0.2) is 104 Å². The number of carbonyl (C=O) groups excluding carboxylic acids is 2. The molecule has 2 amide bonds. The first-order valence-corrected chi connectivity index (χ1v) is 30.2. The van der Waals surface area contributed by atoms with Gasteiger partial charge in [0.1, 0.15) is 24.4 Å². The lowest BCUT2D eigenvalue weighted by atomic mass is 9.98. The fraction of sp³-hybridized carbons (Fsp3) is 0.862. The Labute approximate surface area is 431 Å². The topological polar surface area (TPSA) is 178 Å². The highest BCUT2D eigenvalue weighted by atomic mass is 32.2. The van der Waals surface area contributed by atoms with Gasteiger partial charge in [0.2, 0.25) is 11.8 Å². The number of amides is 2. The number of hydrogen-bond acceptors (Lipinski definition) is 10. The van der Waals surface area contributed by atoms with Crippen molar-refractivity contribution in [1.82, 2.24) is 5.32 Å². The first-order valence-electron chi connectivity index (χ1n) is 29.1. The zero-order valence-corrected chi connectivity index (χ0v) is 45.4. The summed E-state index contributed by atoms with van der Waals surface area (Å²) in [6, 6.07) is 8.06. The van der Waals surface area contributed by atoms with Crippen LogP contribution in [0.25, 0.3) is 0 Å². The molecule has 12 heteroatoms. The first kappa shape index (κ1) is 64.3. The van der Waals surface area contributed by atoms with Crippen molar-refractivity contribution in [1.29, 1.82) is 0 Å². The van der Waals surface area contributed by atoms with E-state index in [-0.39, 0.29) is 36.3 Å². The predicted octanol–water partition coefficient (Wildman–Crippen LogP) is 12.9. The number of rotatable bonds is 48. The van der Waals surface area contributed by atoms with Crippen molar-refractivity contribution in [2.45, 2.75) is 300 Å². The van der Waals surface area contributed by atoms with E-state index in [4.69, 9.17) is 9.47 Å². The average Bonchev–Trinajstić information content (AvgIpc) is 3.36. The predicted molar refractivity (Wildman–Crippen MR) is 291 cm³/mol. The van der Waals surface area contributed by atoms with E-state index in [1.165, 1.54) is 185 Å². The minimum absolute atomic E-state index is 0.0721.